The summed E-state index contributed by atoms with van der Waals surface area (Å²) >= 11 is 3.31. The topological polar surface area (TPSA) is 110 Å². The molecule has 4 rings (SSSR count). The van der Waals surface area contributed by atoms with Gasteiger partial charge in [0.05, 0.1) is 18.3 Å². The number of allylic oxidation sites excluding steroid dienone is 1. The largest absolute Gasteiger partial charge is 0.410 e. The van der Waals surface area contributed by atoms with Gasteiger partial charge in [0.2, 0.25) is 5.91 Å². The van der Waals surface area contributed by atoms with Crippen LogP contribution in [0.2, 0.25) is 0 Å². The molecule has 3 amide bonds. The Morgan fingerprint density at radius 1 is 1.41 bits per heavy atom. The number of carbonyl (C=O) groups is 2. The van der Waals surface area contributed by atoms with Gasteiger partial charge in [0.25, 0.3) is 0 Å². The zero-order valence-corrected chi connectivity index (χ0v) is 18.2. The van der Waals surface area contributed by atoms with Gasteiger partial charge in [-0.05, 0) is 24.6 Å². The summed E-state index contributed by atoms with van der Waals surface area (Å²) in [5.74, 6) is -0.309. The molecule has 0 saturated carbocycles. The van der Waals surface area contributed by atoms with Crippen LogP contribution in [0.15, 0.2) is 46.5 Å². The highest BCUT2D eigenvalue weighted by atomic mass is 79.9. The first-order chi connectivity index (χ1) is 15.2. The third kappa shape index (κ3) is 4.39. The lowest BCUT2D eigenvalue weighted by atomic mass is 10.1. The number of urea groups is 1. The fourth-order valence-electron chi connectivity index (χ4n) is 3.89. The number of hydrogen-bond donors (Lipinski definition) is 4. The number of aromatic nitrogens is 1. The highest BCUT2D eigenvalue weighted by Crippen LogP contribution is 2.33. The molecule has 1 fully saturated rings. The number of pyridine rings is 1. The molecule has 0 spiro atoms. The molecule has 3 aliphatic heterocycles. The normalized spacial score (nSPS) is 22.9. The van der Waals surface area contributed by atoms with Crippen molar-refractivity contribution in [2.45, 2.75) is 30.7 Å². The molecular weight excluding hydrogens is 497 g/mol. The summed E-state index contributed by atoms with van der Waals surface area (Å²) in [6.45, 7) is 0.0251. The Hall–Kier alpha value is -2.80. The Morgan fingerprint density at radius 2 is 2.19 bits per heavy atom. The van der Waals surface area contributed by atoms with Gasteiger partial charge in [-0.3, -0.25) is 15.0 Å². The number of rotatable bonds is 4. The van der Waals surface area contributed by atoms with E-state index in [2.05, 4.69) is 31.5 Å². The second-order valence-corrected chi connectivity index (χ2v) is 8.46. The quantitative estimate of drug-likeness (QED) is 0.482. The summed E-state index contributed by atoms with van der Waals surface area (Å²) in [6, 6.07) is -0.834. The van der Waals surface area contributed by atoms with Crippen molar-refractivity contribution in [1.29, 1.82) is 0 Å². The van der Waals surface area contributed by atoms with Gasteiger partial charge in [-0.1, -0.05) is 22.0 Å². The van der Waals surface area contributed by atoms with E-state index in [0.717, 1.165) is 4.47 Å². The van der Waals surface area contributed by atoms with E-state index >= 15 is 0 Å². The average Bonchev–Trinajstić information content (AvgIpc) is 3.15. The molecule has 0 aliphatic carbocycles. The molecule has 2 bridgehead atoms. The summed E-state index contributed by atoms with van der Waals surface area (Å²) in [5, 5.41) is 16.4. The zero-order valence-electron chi connectivity index (χ0n) is 16.6. The van der Waals surface area contributed by atoms with E-state index in [9.17, 15) is 22.8 Å². The lowest BCUT2D eigenvalue weighted by molar-refractivity contribution is -0.168. The SMILES string of the molecule is O=C(NC(CO)C(F)(F)F)C1C=CC2=C(N1)N(C(=O)Nc1cc(Br)ccn1)[C@H]1CCN2C1. The fraction of sp³-hybridized carbons (Fsp3) is 0.421. The number of nitrogens with one attached hydrogen (secondary N) is 3. The van der Waals surface area contributed by atoms with Crippen molar-refractivity contribution in [1.82, 2.24) is 25.4 Å². The third-order valence-electron chi connectivity index (χ3n) is 5.44. The number of hydrogen-bond acceptors (Lipinski definition) is 6. The van der Waals surface area contributed by atoms with Gasteiger partial charge in [0.15, 0.2) is 0 Å². The van der Waals surface area contributed by atoms with Crippen LogP contribution in [0.5, 0.6) is 0 Å². The zero-order chi connectivity index (χ0) is 23.0. The molecular formula is C19H20BrF3N6O3. The number of amides is 3. The average molecular weight is 517 g/mol. The molecule has 1 aromatic heterocycles. The van der Waals surface area contributed by atoms with Gasteiger partial charge >= 0.3 is 12.2 Å². The van der Waals surface area contributed by atoms with Crippen LogP contribution in [0.1, 0.15) is 6.42 Å². The molecule has 32 heavy (non-hydrogen) atoms. The molecule has 2 unspecified atom stereocenters. The third-order valence-corrected chi connectivity index (χ3v) is 5.94. The van der Waals surface area contributed by atoms with E-state index in [1.165, 1.54) is 17.2 Å². The summed E-state index contributed by atoms with van der Waals surface area (Å²) in [7, 11) is 0. The lowest BCUT2D eigenvalue weighted by Gasteiger charge is -2.41. The van der Waals surface area contributed by atoms with Gasteiger partial charge in [-0.2, -0.15) is 13.2 Å². The van der Waals surface area contributed by atoms with Crippen LogP contribution < -0.4 is 16.0 Å². The molecule has 3 atom stereocenters. The van der Waals surface area contributed by atoms with E-state index < -0.39 is 36.8 Å². The maximum absolute atomic E-state index is 13.1. The van der Waals surface area contributed by atoms with Crippen LogP contribution in [-0.2, 0) is 4.79 Å². The standard InChI is InChI=1S/C19H20BrF3N6O3/c20-10-3-5-24-15(7-10)27-18(32)29-11-4-6-28(8-11)13-2-1-12(25-16(13)29)17(31)26-14(9-30)19(21,22)23/h1-3,5,7,11-12,14,25,30H,4,6,8-9H2,(H,26,31)(H,24,27,32)/t11-,12?,14?/m0/s1. The van der Waals surface area contributed by atoms with E-state index in [1.54, 1.807) is 23.5 Å². The number of fused-ring (bicyclic) bond motifs is 3. The predicted molar refractivity (Wildman–Crippen MR) is 111 cm³/mol. The number of aliphatic hydroxyl groups excluding tert-OH is 1. The van der Waals surface area contributed by atoms with Crippen LogP contribution in [-0.4, -0.2) is 75.8 Å². The van der Waals surface area contributed by atoms with Crippen molar-refractivity contribution in [3.8, 4) is 0 Å². The van der Waals surface area contributed by atoms with Crippen molar-refractivity contribution in [3.63, 3.8) is 0 Å². The molecule has 1 saturated heterocycles. The second-order valence-electron chi connectivity index (χ2n) is 7.55. The number of aliphatic hydroxyl groups is 1. The number of dihydropyridines is 1. The first-order valence-corrected chi connectivity index (χ1v) is 10.6. The lowest BCUT2D eigenvalue weighted by Crippen LogP contribution is -2.58. The van der Waals surface area contributed by atoms with E-state index in [4.69, 9.17) is 5.11 Å². The Balaban J connectivity index is 1.54. The number of alkyl halides is 3. The maximum atomic E-state index is 13.1. The maximum Gasteiger partial charge on any atom is 0.410 e. The molecule has 172 valence electrons. The minimum Gasteiger partial charge on any atom is -0.394 e. The van der Waals surface area contributed by atoms with Crippen molar-refractivity contribution in [2.75, 3.05) is 25.0 Å². The van der Waals surface area contributed by atoms with Crippen LogP contribution >= 0.6 is 15.9 Å². The van der Waals surface area contributed by atoms with Crippen LogP contribution in [0.3, 0.4) is 0 Å². The molecule has 4 heterocycles. The molecule has 0 radical (unpaired) electrons. The van der Waals surface area contributed by atoms with Gasteiger partial charge in [-0.25, -0.2) is 9.78 Å². The summed E-state index contributed by atoms with van der Waals surface area (Å²) in [5.41, 5.74) is 0.676. The summed E-state index contributed by atoms with van der Waals surface area (Å²) in [6.07, 6.45) is 0.490. The van der Waals surface area contributed by atoms with Gasteiger partial charge < -0.3 is 20.6 Å². The monoisotopic (exact) mass is 516 g/mol. The molecule has 1 aromatic rings. The molecule has 13 heteroatoms. The molecule has 4 N–H and O–H groups in total. The number of carbonyl (C=O) groups excluding carboxylic acids is 2. The van der Waals surface area contributed by atoms with Gasteiger partial charge in [0, 0.05) is 23.8 Å². The molecule has 9 nitrogen and oxygen atoms in total. The molecule has 3 aliphatic rings. The fourth-order valence-corrected chi connectivity index (χ4v) is 4.23. The minimum atomic E-state index is -4.79. The van der Waals surface area contributed by atoms with E-state index in [-0.39, 0.29) is 6.04 Å². The Bertz CT molecular complexity index is 985. The predicted octanol–water partition coefficient (Wildman–Crippen LogP) is 1.50. The smallest absolute Gasteiger partial charge is 0.394 e. The number of anilines is 1. The summed E-state index contributed by atoms with van der Waals surface area (Å²) < 4.78 is 39.5. The van der Waals surface area contributed by atoms with Crippen molar-refractivity contribution in [3.05, 3.63) is 46.5 Å². The first-order valence-electron chi connectivity index (χ1n) is 9.81. The summed E-state index contributed by atoms with van der Waals surface area (Å²) in [4.78, 5) is 33.2. The van der Waals surface area contributed by atoms with Crippen molar-refractivity contribution >= 4 is 33.7 Å². The first kappa shape index (κ1) is 22.4. The minimum absolute atomic E-state index is 0.177. The number of nitrogens with zero attached hydrogens (tertiary/aromatic N) is 3. The van der Waals surface area contributed by atoms with Crippen molar-refractivity contribution in [2.24, 2.45) is 0 Å². The van der Waals surface area contributed by atoms with Crippen molar-refractivity contribution < 1.29 is 27.9 Å². The van der Waals surface area contributed by atoms with Crippen LogP contribution in [0, 0.1) is 0 Å². The Labute approximate surface area is 189 Å². The Kier molecular flexibility index (Phi) is 6.03. The van der Waals surface area contributed by atoms with Gasteiger partial charge in [-0.15, -0.1) is 0 Å². The number of halogens is 4. The Morgan fingerprint density at radius 3 is 2.88 bits per heavy atom. The van der Waals surface area contributed by atoms with E-state index in [0.29, 0.717) is 36.8 Å². The molecule has 0 aromatic carbocycles. The van der Waals surface area contributed by atoms with Gasteiger partial charge in [0.1, 0.15) is 23.7 Å². The highest BCUT2D eigenvalue weighted by molar-refractivity contribution is 9.10. The highest BCUT2D eigenvalue weighted by Gasteiger charge is 2.44. The van der Waals surface area contributed by atoms with Crippen LogP contribution in [0.4, 0.5) is 23.8 Å². The second kappa shape index (κ2) is 8.62. The van der Waals surface area contributed by atoms with E-state index in [1.807, 2.05) is 4.90 Å². The van der Waals surface area contributed by atoms with Crippen LogP contribution in [0.25, 0.3) is 0 Å².